The van der Waals surface area contributed by atoms with Crippen LogP contribution in [0, 0.1) is 5.92 Å². The molecule has 1 fully saturated rings. The zero-order valence-electron chi connectivity index (χ0n) is 19.3. The van der Waals surface area contributed by atoms with Crippen LogP contribution in [-0.2, 0) is 4.79 Å². The molecule has 0 aliphatic carbocycles. The molecule has 0 saturated carbocycles. The van der Waals surface area contributed by atoms with Crippen LogP contribution >= 0.6 is 0 Å². The van der Waals surface area contributed by atoms with Gasteiger partial charge in [0.05, 0.1) is 13.2 Å². The van der Waals surface area contributed by atoms with E-state index in [1.807, 2.05) is 50.2 Å². The Balaban J connectivity index is 1.72. The van der Waals surface area contributed by atoms with Crippen LogP contribution in [0.15, 0.2) is 54.6 Å². The molecule has 3 rings (SSSR count). The normalized spacial score (nSPS) is 16.7. The molecule has 2 amide bonds. The van der Waals surface area contributed by atoms with E-state index in [-0.39, 0.29) is 23.8 Å². The Labute approximate surface area is 191 Å². The number of carbonyl (C=O) groups is 2. The van der Waals surface area contributed by atoms with Gasteiger partial charge in [0.1, 0.15) is 11.8 Å². The Morgan fingerprint density at radius 3 is 2.44 bits per heavy atom. The van der Waals surface area contributed by atoms with Gasteiger partial charge in [-0.25, -0.2) is 0 Å². The molecule has 1 saturated heterocycles. The van der Waals surface area contributed by atoms with Gasteiger partial charge in [0.15, 0.2) is 0 Å². The third kappa shape index (κ3) is 6.10. The summed E-state index contributed by atoms with van der Waals surface area (Å²) in [5.41, 5.74) is 1.68. The summed E-state index contributed by atoms with van der Waals surface area (Å²) in [6, 6.07) is 16.6. The molecule has 0 aromatic heterocycles. The fourth-order valence-corrected chi connectivity index (χ4v) is 4.18. The minimum absolute atomic E-state index is 0.0183. The van der Waals surface area contributed by atoms with Crippen molar-refractivity contribution in [2.75, 3.05) is 26.7 Å². The maximum absolute atomic E-state index is 13.2. The highest BCUT2D eigenvalue weighted by Crippen LogP contribution is 2.27. The van der Waals surface area contributed by atoms with E-state index in [1.54, 1.807) is 19.2 Å². The summed E-state index contributed by atoms with van der Waals surface area (Å²) in [6.45, 7) is 6.53. The summed E-state index contributed by atoms with van der Waals surface area (Å²) in [4.78, 5) is 28.3. The lowest BCUT2D eigenvalue weighted by Gasteiger charge is -2.30. The fourth-order valence-electron chi connectivity index (χ4n) is 4.18. The van der Waals surface area contributed by atoms with Crippen molar-refractivity contribution in [3.05, 3.63) is 65.7 Å². The highest BCUT2D eigenvalue weighted by Gasteiger charge is 2.29. The van der Waals surface area contributed by atoms with Gasteiger partial charge in [-0.2, -0.15) is 0 Å². The predicted octanol–water partition coefficient (Wildman–Crippen LogP) is 3.79. The Morgan fingerprint density at radius 1 is 1.06 bits per heavy atom. The van der Waals surface area contributed by atoms with Crippen molar-refractivity contribution in [2.45, 2.75) is 45.2 Å². The van der Waals surface area contributed by atoms with E-state index in [1.165, 1.54) is 0 Å². The number of rotatable bonds is 10. The summed E-state index contributed by atoms with van der Waals surface area (Å²) >= 11 is 0. The first kappa shape index (κ1) is 23.8. The van der Waals surface area contributed by atoms with Gasteiger partial charge in [0, 0.05) is 12.1 Å². The van der Waals surface area contributed by atoms with Gasteiger partial charge in [-0.15, -0.1) is 0 Å². The summed E-state index contributed by atoms with van der Waals surface area (Å²) in [7, 11) is 1.66. The molecule has 3 unspecified atom stereocenters. The van der Waals surface area contributed by atoms with Crippen molar-refractivity contribution < 1.29 is 14.3 Å². The minimum atomic E-state index is -0.586. The SMILES string of the molecule is CCC(C)C(NC(=O)c1ccccc1)C(=O)NCC(c1cccc(OC)c1)N1CCCC1. The molecule has 6 nitrogen and oxygen atoms in total. The number of carbonyl (C=O) groups excluding carboxylic acids is 2. The molecule has 1 aliphatic heterocycles. The van der Waals surface area contributed by atoms with Crippen molar-refractivity contribution in [1.29, 1.82) is 0 Å². The molecule has 1 heterocycles. The molecule has 2 aromatic carbocycles. The number of ether oxygens (including phenoxy) is 1. The molecule has 172 valence electrons. The molecule has 0 radical (unpaired) electrons. The van der Waals surface area contributed by atoms with E-state index in [9.17, 15) is 9.59 Å². The molecule has 6 heteroatoms. The topological polar surface area (TPSA) is 70.7 Å². The average Bonchev–Trinajstić information content (AvgIpc) is 3.37. The standard InChI is InChI=1S/C26H35N3O3/c1-4-19(2)24(28-25(30)20-11-6-5-7-12-20)26(31)27-18-23(29-15-8-9-16-29)21-13-10-14-22(17-21)32-3/h5-7,10-14,17,19,23-24H,4,8-9,15-16,18H2,1-3H3,(H,27,31)(H,28,30). The van der Waals surface area contributed by atoms with Crippen LogP contribution in [0.25, 0.3) is 0 Å². The molecule has 3 atom stereocenters. The minimum Gasteiger partial charge on any atom is -0.497 e. The van der Waals surface area contributed by atoms with Gasteiger partial charge in [0.25, 0.3) is 5.91 Å². The maximum atomic E-state index is 13.2. The van der Waals surface area contributed by atoms with Gasteiger partial charge in [-0.1, -0.05) is 50.6 Å². The number of nitrogens with zero attached hydrogens (tertiary/aromatic N) is 1. The first-order chi connectivity index (χ1) is 15.5. The van der Waals surface area contributed by atoms with Gasteiger partial charge >= 0.3 is 0 Å². The zero-order chi connectivity index (χ0) is 22.9. The number of nitrogens with one attached hydrogen (secondary N) is 2. The Morgan fingerprint density at radius 2 is 1.78 bits per heavy atom. The van der Waals surface area contributed by atoms with Gasteiger partial charge in [-0.05, 0) is 61.7 Å². The lowest BCUT2D eigenvalue weighted by Crippen LogP contribution is -2.51. The second kappa shape index (κ2) is 11.7. The van der Waals surface area contributed by atoms with Crippen molar-refractivity contribution in [3.8, 4) is 5.75 Å². The monoisotopic (exact) mass is 437 g/mol. The fraction of sp³-hybridized carbons (Fsp3) is 0.462. The molecule has 2 aromatic rings. The maximum Gasteiger partial charge on any atom is 0.251 e. The highest BCUT2D eigenvalue weighted by atomic mass is 16.5. The van der Waals surface area contributed by atoms with Crippen molar-refractivity contribution in [1.82, 2.24) is 15.5 Å². The van der Waals surface area contributed by atoms with E-state index >= 15 is 0 Å². The summed E-state index contributed by atoms with van der Waals surface area (Å²) < 4.78 is 5.41. The smallest absolute Gasteiger partial charge is 0.251 e. The summed E-state index contributed by atoms with van der Waals surface area (Å²) in [5.74, 6) is 0.459. The molecule has 0 bridgehead atoms. The third-order valence-electron chi connectivity index (χ3n) is 6.35. The highest BCUT2D eigenvalue weighted by molar-refractivity contribution is 5.97. The summed E-state index contributed by atoms with van der Waals surface area (Å²) in [6.07, 6.45) is 3.12. The van der Waals surface area contributed by atoms with Crippen LogP contribution in [0.3, 0.4) is 0 Å². The number of methoxy groups -OCH3 is 1. The molecule has 0 spiro atoms. The van der Waals surface area contributed by atoms with E-state index in [4.69, 9.17) is 4.74 Å². The van der Waals surface area contributed by atoms with Crippen molar-refractivity contribution in [2.24, 2.45) is 5.92 Å². The van der Waals surface area contributed by atoms with Gasteiger partial charge in [0.2, 0.25) is 5.91 Å². The van der Waals surface area contributed by atoms with E-state index in [0.29, 0.717) is 12.1 Å². The number of benzene rings is 2. The van der Waals surface area contributed by atoms with Crippen LogP contribution in [-0.4, -0.2) is 49.5 Å². The average molecular weight is 438 g/mol. The second-order valence-electron chi connectivity index (χ2n) is 8.48. The van der Waals surface area contributed by atoms with E-state index in [0.717, 1.165) is 43.7 Å². The number of hydrogen-bond donors (Lipinski definition) is 2. The second-order valence-corrected chi connectivity index (χ2v) is 8.48. The Hall–Kier alpha value is -2.86. The molecule has 2 N–H and O–H groups in total. The lowest BCUT2D eigenvalue weighted by atomic mass is 9.97. The molecule has 1 aliphatic rings. The predicted molar refractivity (Wildman–Crippen MR) is 127 cm³/mol. The van der Waals surface area contributed by atoms with E-state index < -0.39 is 6.04 Å². The molecular formula is C26H35N3O3. The number of likely N-dealkylation sites (tertiary alicyclic amines) is 1. The Kier molecular flexibility index (Phi) is 8.68. The zero-order valence-corrected chi connectivity index (χ0v) is 19.3. The van der Waals surface area contributed by atoms with Crippen molar-refractivity contribution >= 4 is 11.8 Å². The lowest BCUT2D eigenvalue weighted by molar-refractivity contribution is -0.124. The van der Waals surface area contributed by atoms with Crippen LogP contribution in [0.2, 0.25) is 0 Å². The Bertz CT molecular complexity index is 881. The number of amides is 2. The first-order valence-electron chi connectivity index (χ1n) is 11.5. The van der Waals surface area contributed by atoms with Crippen LogP contribution < -0.4 is 15.4 Å². The number of hydrogen-bond acceptors (Lipinski definition) is 4. The molecule has 32 heavy (non-hydrogen) atoms. The van der Waals surface area contributed by atoms with Crippen LogP contribution in [0.4, 0.5) is 0 Å². The van der Waals surface area contributed by atoms with E-state index in [2.05, 4.69) is 21.6 Å². The van der Waals surface area contributed by atoms with Crippen LogP contribution in [0.5, 0.6) is 5.75 Å². The quantitative estimate of drug-likeness (QED) is 0.593. The van der Waals surface area contributed by atoms with Crippen molar-refractivity contribution in [3.63, 3.8) is 0 Å². The molecular weight excluding hydrogens is 402 g/mol. The largest absolute Gasteiger partial charge is 0.497 e. The first-order valence-corrected chi connectivity index (χ1v) is 11.5. The van der Waals surface area contributed by atoms with Crippen LogP contribution in [0.1, 0.15) is 55.1 Å². The third-order valence-corrected chi connectivity index (χ3v) is 6.35. The van der Waals surface area contributed by atoms with Gasteiger partial charge < -0.3 is 15.4 Å². The van der Waals surface area contributed by atoms with Gasteiger partial charge in [-0.3, -0.25) is 14.5 Å². The summed E-state index contributed by atoms with van der Waals surface area (Å²) in [5, 5.41) is 6.08.